The van der Waals surface area contributed by atoms with Crippen molar-refractivity contribution in [2.75, 3.05) is 7.11 Å². The molecule has 0 spiro atoms. The van der Waals surface area contributed by atoms with Gasteiger partial charge in [-0.2, -0.15) is 4.98 Å². The number of halogens is 1. The third-order valence-corrected chi connectivity index (χ3v) is 3.10. The number of benzene rings is 2. The molecule has 0 N–H and O–H groups in total. The van der Waals surface area contributed by atoms with Crippen LogP contribution in [0, 0.1) is 5.82 Å². The topological polar surface area (TPSA) is 65.2 Å². The van der Waals surface area contributed by atoms with Crippen LogP contribution in [-0.2, 0) is 16.0 Å². The number of esters is 1. The van der Waals surface area contributed by atoms with Crippen LogP contribution in [0.2, 0.25) is 0 Å². The Labute approximate surface area is 119 Å². The largest absolute Gasteiger partial charge is 0.469 e. The van der Waals surface area contributed by atoms with E-state index < -0.39 is 5.97 Å². The van der Waals surface area contributed by atoms with Gasteiger partial charge in [-0.25, -0.2) is 4.39 Å². The molecule has 6 heteroatoms. The SMILES string of the molecule is COC(=O)Cc1nc(-c2ccc(F)c3ccccc23)no1. The fourth-order valence-corrected chi connectivity index (χ4v) is 2.09. The quantitative estimate of drug-likeness (QED) is 0.693. The van der Waals surface area contributed by atoms with Gasteiger partial charge in [0.1, 0.15) is 12.2 Å². The lowest BCUT2D eigenvalue weighted by molar-refractivity contribution is -0.140. The Kier molecular flexibility index (Phi) is 3.35. The maximum absolute atomic E-state index is 13.8. The average molecular weight is 286 g/mol. The Morgan fingerprint density at radius 2 is 2.00 bits per heavy atom. The second-order valence-electron chi connectivity index (χ2n) is 4.41. The summed E-state index contributed by atoms with van der Waals surface area (Å²) in [6.45, 7) is 0. The van der Waals surface area contributed by atoms with Crippen molar-refractivity contribution < 1.29 is 18.4 Å². The van der Waals surface area contributed by atoms with E-state index in [-0.39, 0.29) is 18.1 Å². The minimum absolute atomic E-state index is 0.0946. The molecule has 0 aliphatic heterocycles. The summed E-state index contributed by atoms with van der Waals surface area (Å²) < 4.78 is 23.3. The maximum Gasteiger partial charge on any atom is 0.315 e. The number of hydrogen-bond donors (Lipinski definition) is 0. The third kappa shape index (κ3) is 2.47. The van der Waals surface area contributed by atoms with E-state index in [0.29, 0.717) is 22.2 Å². The van der Waals surface area contributed by atoms with Crippen molar-refractivity contribution in [2.45, 2.75) is 6.42 Å². The van der Waals surface area contributed by atoms with E-state index in [1.807, 2.05) is 0 Å². The van der Waals surface area contributed by atoms with Crippen LogP contribution >= 0.6 is 0 Å². The summed E-state index contributed by atoms with van der Waals surface area (Å²) in [6, 6.07) is 9.97. The fraction of sp³-hybridized carbons (Fsp3) is 0.133. The van der Waals surface area contributed by atoms with Crippen molar-refractivity contribution in [1.82, 2.24) is 10.1 Å². The summed E-state index contributed by atoms with van der Waals surface area (Å²) in [7, 11) is 1.28. The number of hydrogen-bond acceptors (Lipinski definition) is 5. The van der Waals surface area contributed by atoms with Crippen molar-refractivity contribution >= 4 is 16.7 Å². The van der Waals surface area contributed by atoms with Crippen LogP contribution in [-0.4, -0.2) is 23.2 Å². The highest BCUT2D eigenvalue weighted by Crippen LogP contribution is 2.28. The molecule has 0 amide bonds. The van der Waals surface area contributed by atoms with Crippen molar-refractivity contribution in [2.24, 2.45) is 0 Å². The Hall–Kier alpha value is -2.76. The molecule has 3 rings (SSSR count). The summed E-state index contributed by atoms with van der Waals surface area (Å²) in [5, 5.41) is 5.00. The van der Waals surface area contributed by atoms with Crippen LogP contribution < -0.4 is 0 Å². The average Bonchev–Trinajstić information content (AvgIpc) is 2.96. The zero-order chi connectivity index (χ0) is 14.8. The van der Waals surface area contributed by atoms with Crippen LogP contribution in [0.5, 0.6) is 0 Å². The van der Waals surface area contributed by atoms with Gasteiger partial charge in [0.2, 0.25) is 11.7 Å². The van der Waals surface area contributed by atoms with Crippen LogP contribution in [0.15, 0.2) is 40.9 Å². The summed E-state index contributed by atoms with van der Waals surface area (Å²) in [5.74, 6) is -0.308. The van der Waals surface area contributed by atoms with E-state index >= 15 is 0 Å². The molecular weight excluding hydrogens is 275 g/mol. The lowest BCUT2D eigenvalue weighted by Gasteiger charge is -2.03. The molecule has 5 nitrogen and oxygen atoms in total. The molecule has 0 radical (unpaired) electrons. The Morgan fingerprint density at radius 3 is 2.76 bits per heavy atom. The predicted molar refractivity (Wildman–Crippen MR) is 72.9 cm³/mol. The highest BCUT2D eigenvalue weighted by molar-refractivity contribution is 5.95. The Bertz CT molecular complexity index is 814. The zero-order valence-corrected chi connectivity index (χ0v) is 11.2. The van der Waals surface area contributed by atoms with Crippen molar-refractivity contribution in [3.63, 3.8) is 0 Å². The lowest BCUT2D eigenvalue weighted by Crippen LogP contribution is -2.04. The lowest BCUT2D eigenvalue weighted by atomic mass is 10.0. The van der Waals surface area contributed by atoms with E-state index in [1.165, 1.54) is 13.2 Å². The molecule has 3 aromatic rings. The first-order valence-electron chi connectivity index (χ1n) is 6.26. The number of carbonyl (C=O) groups is 1. The van der Waals surface area contributed by atoms with Gasteiger partial charge in [-0.05, 0) is 17.5 Å². The number of rotatable bonds is 3. The number of fused-ring (bicyclic) bond motifs is 1. The molecule has 1 aromatic heterocycles. The van der Waals surface area contributed by atoms with Crippen LogP contribution in [0.3, 0.4) is 0 Å². The highest BCUT2D eigenvalue weighted by Gasteiger charge is 2.15. The number of aromatic nitrogens is 2. The van der Waals surface area contributed by atoms with Crippen LogP contribution in [0.25, 0.3) is 22.2 Å². The first-order valence-corrected chi connectivity index (χ1v) is 6.26. The van der Waals surface area contributed by atoms with E-state index in [9.17, 15) is 9.18 Å². The fourth-order valence-electron chi connectivity index (χ4n) is 2.09. The number of nitrogens with zero attached hydrogens (tertiary/aromatic N) is 2. The van der Waals surface area contributed by atoms with E-state index in [4.69, 9.17) is 4.52 Å². The maximum atomic E-state index is 13.8. The summed E-state index contributed by atoms with van der Waals surface area (Å²) in [5.41, 5.74) is 0.645. The summed E-state index contributed by atoms with van der Waals surface area (Å²) in [4.78, 5) is 15.3. The van der Waals surface area contributed by atoms with E-state index in [1.54, 1.807) is 30.3 Å². The molecule has 0 aliphatic carbocycles. The summed E-state index contributed by atoms with van der Waals surface area (Å²) >= 11 is 0. The molecule has 0 unspecified atom stereocenters. The Morgan fingerprint density at radius 1 is 1.24 bits per heavy atom. The van der Waals surface area contributed by atoms with Gasteiger partial charge in [-0.1, -0.05) is 29.4 Å². The highest BCUT2D eigenvalue weighted by atomic mass is 19.1. The molecular formula is C15H11FN2O3. The number of ether oxygens (including phenoxy) is 1. The molecule has 0 saturated carbocycles. The van der Waals surface area contributed by atoms with Gasteiger partial charge in [0.15, 0.2) is 0 Å². The Balaban J connectivity index is 2.05. The minimum atomic E-state index is -0.464. The molecule has 106 valence electrons. The van der Waals surface area contributed by atoms with Gasteiger partial charge in [-0.15, -0.1) is 0 Å². The minimum Gasteiger partial charge on any atom is -0.469 e. The van der Waals surface area contributed by atoms with E-state index in [2.05, 4.69) is 14.9 Å². The predicted octanol–water partition coefficient (Wildman–Crippen LogP) is 2.74. The molecule has 0 atom stereocenters. The number of carbonyl (C=O) groups excluding carboxylic acids is 1. The standard InChI is InChI=1S/C15H11FN2O3/c1-20-14(19)8-13-17-15(18-21-13)11-6-7-12(16)10-5-3-2-4-9(10)11/h2-7H,8H2,1H3. The molecule has 0 bridgehead atoms. The molecule has 21 heavy (non-hydrogen) atoms. The van der Waals surface area contributed by atoms with Crippen molar-refractivity contribution in [1.29, 1.82) is 0 Å². The second-order valence-corrected chi connectivity index (χ2v) is 4.41. The van der Waals surface area contributed by atoms with Crippen molar-refractivity contribution in [3.8, 4) is 11.4 Å². The molecule has 0 fully saturated rings. The van der Waals surface area contributed by atoms with Crippen molar-refractivity contribution in [3.05, 3.63) is 48.1 Å². The van der Waals surface area contributed by atoms with Gasteiger partial charge in [-0.3, -0.25) is 4.79 Å². The van der Waals surface area contributed by atoms with Gasteiger partial charge in [0.05, 0.1) is 7.11 Å². The molecule has 0 saturated heterocycles. The van der Waals surface area contributed by atoms with E-state index in [0.717, 1.165) is 0 Å². The van der Waals surface area contributed by atoms with Gasteiger partial charge in [0, 0.05) is 10.9 Å². The molecule has 1 heterocycles. The third-order valence-electron chi connectivity index (χ3n) is 3.10. The first kappa shape index (κ1) is 13.2. The zero-order valence-electron chi connectivity index (χ0n) is 11.2. The first-order chi connectivity index (χ1) is 10.2. The smallest absolute Gasteiger partial charge is 0.315 e. The van der Waals surface area contributed by atoms with Gasteiger partial charge in [0.25, 0.3) is 0 Å². The molecule has 0 aliphatic rings. The normalized spacial score (nSPS) is 10.8. The summed E-state index contributed by atoms with van der Waals surface area (Å²) in [6.07, 6.45) is -0.0946. The van der Waals surface area contributed by atoms with Crippen LogP contribution in [0.1, 0.15) is 5.89 Å². The monoisotopic (exact) mass is 286 g/mol. The number of methoxy groups -OCH3 is 1. The van der Waals surface area contributed by atoms with Gasteiger partial charge < -0.3 is 9.26 Å². The van der Waals surface area contributed by atoms with Gasteiger partial charge >= 0.3 is 5.97 Å². The molecule has 2 aromatic carbocycles. The second kappa shape index (κ2) is 5.32. The van der Waals surface area contributed by atoms with Crippen LogP contribution in [0.4, 0.5) is 4.39 Å².